The molecule has 2 amide bonds. The van der Waals surface area contributed by atoms with E-state index in [1.807, 2.05) is 24.3 Å². The lowest BCUT2D eigenvalue weighted by Gasteiger charge is -2.12. The molecule has 3 rings (SSSR count). The van der Waals surface area contributed by atoms with E-state index in [2.05, 4.69) is 21.8 Å². The lowest BCUT2D eigenvalue weighted by atomic mass is 9.97. The number of rotatable bonds is 9. The van der Waals surface area contributed by atoms with Crippen LogP contribution < -0.4 is 15.4 Å². The molecule has 1 aliphatic rings. The fourth-order valence-electron chi connectivity index (χ4n) is 3.44. The van der Waals surface area contributed by atoms with E-state index in [-0.39, 0.29) is 24.8 Å². The second-order valence-electron chi connectivity index (χ2n) is 7.17. The Morgan fingerprint density at radius 1 is 1.21 bits per heavy atom. The zero-order valence-electron chi connectivity index (χ0n) is 16.8. The third-order valence-electron chi connectivity index (χ3n) is 4.92. The average molecular weight is 396 g/mol. The van der Waals surface area contributed by atoms with Gasteiger partial charge in [-0.1, -0.05) is 29.8 Å². The van der Waals surface area contributed by atoms with Gasteiger partial charge in [0.05, 0.1) is 25.4 Å². The van der Waals surface area contributed by atoms with Crippen LogP contribution in [0.2, 0.25) is 0 Å². The van der Waals surface area contributed by atoms with Crippen LogP contribution in [0.1, 0.15) is 37.7 Å². The van der Waals surface area contributed by atoms with Crippen LogP contribution in [0.25, 0.3) is 0 Å². The zero-order chi connectivity index (χ0) is 20.5. The van der Waals surface area contributed by atoms with Crippen LogP contribution in [-0.2, 0) is 22.6 Å². The van der Waals surface area contributed by atoms with Crippen molar-refractivity contribution in [3.05, 3.63) is 53.9 Å². The van der Waals surface area contributed by atoms with Gasteiger partial charge in [-0.3, -0.25) is 14.3 Å². The predicted octanol–water partition coefficient (Wildman–Crippen LogP) is 3.08. The smallest absolute Gasteiger partial charge is 0.241 e. The van der Waals surface area contributed by atoms with Crippen LogP contribution in [0.5, 0.6) is 5.75 Å². The van der Waals surface area contributed by atoms with Crippen molar-refractivity contribution in [2.45, 2.75) is 45.1 Å². The van der Waals surface area contributed by atoms with Gasteiger partial charge in [0.15, 0.2) is 0 Å². The second kappa shape index (κ2) is 10.5. The topological polar surface area (TPSA) is 85.2 Å². The van der Waals surface area contributed by atoms with Crippen LogP contribution in [0, 0.1) is 0 Å². The number of allylic oxidation sites excluding steroid dienone is 1. The van der Waals surface area contributed by atoms with Gasteiger partial charge in [0.1, 0.15) is 12.3 Å². The predicted molar refractivity (Wildman–Crippen MR) is 112 cm³/mol. The lowest BCUT2D eigenvalue weighted by Crippen LogP contribution is -2.28. The molecule has 7 heteroatoms. The summed E-state index contributed by atoms with van der Waals surface area (Å²) in [6.45, 7) is 0.774. The monoisotopic (exact) mass is 396 g/mol. The number of benzene rings is 1. The Morgan fingerprint density at radius 2 is 2.07 bits per heavy atom. The van der Waals surface area contributed by atoms with Crippen LogP contribution in [0.3, 0.4) is 0 Å². The van der Waals surface area contributed by atoms with E-state index in [0.29, 0.717) is 18.0 Å². The lowest BCUT2D eigenvalue weighted by molar-refractivity contribution is -0.121. The molecule has 29 heavy (non-hydrogen) atoms. The van der Waals surface area contributed by atoms with E-state index in [0.717, 1.165) is 24.8 Å². The quantitative estimate of drug-likeness (QED) is 0.638. The number of nitrogens with one attached hydrogen (secondary N) is 2. The first-order valence-electron chi connectivity index (χ1n) is 10.0. The van der Waals surface area contributed by atoms with Crippen molar-refractivity contribution in [3.8, 4) is 5.75 Å². The Kier molecular flexibility index (Phi) is 7.44. The molecule has 7 nitrogen and oxygen atoms in total. The first kappa shape index (κ1) is 20.6. The third kappa shape index (κ3) is 6.48. The third-order valence-corrected chi connectivity index (χ3v) is 4.92. The fourth-order valence-corrected chi connectivity index (χ4v) is 3.44. The summed E-state index contributed by atoms with van der Waals surface area (Å²) in [6.07, 6.45) is 11.4. The molecule has 0 spiro atoms. The van der Waals surface area contributed by atoms with Gasteiger partial charge in [-0.2, -0.15) is 5.10 Å². The molecule has 1 heterocycles. The van der Waals surface area contributed by atoms with E-state index in [4.69, 9.17) is 4.74 Å². The highest BCUT2D eigenvalue weighted by atomic mass is 16.5. The van der Waals surface area contributed by atoms with Crippen LogP contribution in [-0.4, -0.2) is 35.2 Å². The van der Waals surface area contributed by atoms with E-state index in [9.17, 15) is 9.59 Å². The number of hydrogen-bond donors (Lipinski definition) is 2. The molecular formula is C22H28N4O3. The van der Waals surface area contributed by atoms with Gasteiger partial charge in [-0.05, 0) is 38.2 Å². The summed E-state index contributed by atoms with van der Waals surface area (Å²) < 4.78 is 6.79. The van der Waals surface area contributed by atoms with Crippen LogP contribution in [0.15, 0.2) is 48.3 Å². The maximum atomic E-state index is 12.3. The van der Waals surface area contributed by atoms with Crippen molar-refractivity contribution < 1.29 is 14.3 Å². The van der Waals surface area contributed by atoms with Gasteiger partial charge in [0.2, 0.25) is 11.8 Å². The molecule has 0 bridgehead atoms. The molecule has 2 aromatic rings. The van der Waals surface area contributed by atoms with E-state index >= 15 is 0 Å². The number of amides is 2. The highest BCUT2D eigenvalue weighted by Crippen LogP contribution is 2.20. The number of carbonyl (C=O) groups is 2. The van der Waals surface area contributed by atoms with Gasteiger partial charge < -0.3 is 15.4 Å². The number of nitrogens with zero attached hydrogens (tertiary/aromatic N) is 2. The summed E-state index contributed by atoms with van der Waals surface area (Å²) in [6, 6.07) is 7.41. The fraction of sp³-hybridized carbons (Fsp3) is 0.409. The number of carbonyl (C=O) groups excluding carboxylic acids is 2. The molecular weight excluding hydrogens is 368 g/mol. The van der Waals surface area contributed by atoms with Crippen molar-refractivity contribution in [3.63, 3.8) is 0 Å². The number of anilines is 1. The molecule has 2 N–H and O–H groups in total. The van der Waals surface area contributed by atoms with Crippen molar-refractivity contribution in [1.29, 1.82) is 0 Å². The highest BCUT2D eigenvalue weighted by Gasteiger charge is 2.11. The molecule has 1 aliphatic carbocycles. The summed E-state index contributed by atoms with van der Waals surface area (Å²) >= 11 is 0. The van der Waals surface area contributed by atoms with Gasteiger partial charge in [-0.25, -0.2) is 0 Å². The Hall–Kier alpha value is -3.09. The molecule has 0 fully saturated rings. The van der Waals surface area contributed by atoms with Crippen molar-refractivity contribution >= 4 is 17.5 Å². The van der Waals surface area contributed by atoms with Crippen molar-refractivity contribution in [2.24, 2.45) is 0 Å². The minimum atomic E-state index is -0.167. The Balaban J connectivity index is 1.43. The van der Waals surface area contributed by atoms with E-state index in [1.165, 1.54) is 23.1 Å². The number of methoxy groups -OCH3 is 1. The number of ether oxygens (including phenoxy) is 1. The van der Waals surface area contributed by atoms with Crippen molar-refractivity contribution in [1.82, 2.24) is 15.1 Å². The van der Waals surface area contributed by atoms with Gasteiger partial charge in [0.25, 0.3) is 0 Å². The molecule has 0 atom stereocenters. The summed E-state index contributed by atoms with van der Waals surface area (Å²) in [5.74, 6) is 0.426. The van der Waals surface area contributed by atoms with Crippen LogP contribution >= 0.6 is 0 Å². The van der Waals surface area contributed by atoms with Gasteiger partial charge in [-0.15, -0.1) is 0 Å². The number of aromatic nitrogens is 2. The average Bonchev–Trinajstić information content (AvgIpc) is 3.15. The molecule has 0 saturated heterocycles. The number of hydrogen-bond acceptors (Lipinski definition) is 4. The van der Waals surface area contributed by atoms with E-state index in [1.54, 1.807) is 19.5 Å². The normalized spacial score (nSPS) is 13.5. The van der Waals surface area contributed by atoms with Gasteiger partial charge >= 0.3 is 0 Å². The maximum Gasteiger partial charge on any atom is 0.241 e. The minimum absolute atomic E-state index is 0.0867. The van der Waals surface area contributed by atoms with E-state index < -0.39 is 0 Å². The standard InChI is InChI=1S/C22H28N4O3/c1-29-20-10-6-5-9-18(20)13-21(27)25-19-14-24-26(15-19)16-22(28)23-12-11-17-7-3-2-4-8-17/h5-7,9-10,14-15H,2-4,8,11-13,16H2,1H3,(H,23,28)(H,25,27). The molecule has 1 aromatic heterocycles. The summed E-state index contributed by atoms with van der Waals surface area (Å²) in [7, 11) is 1.58. The maximum absolute atomic E-state index is 12.3. The van der Waals surface area contributed by atoms with Crippen molar-refractivity contribution in [2.75, 3.05) is 19.0 Å². The molecule has 0 aliphatic heterocycles. The molecule has 0 radical (unpaired) electrons. The summed E-state index contributed by atoms with van der Waals surface area (Å²) in [5.41, 5.74) is 2.81. The second-order valence-corrected chi connectivity index (χ2v) is 7.17. The zero-order valence-corrected chi connectivity index (χ0v) is 16.8. The molecule has 0 saturated carbocycles. The highest BCUT2D eigenvalue weighted by molar-refractivity contribution is 5.92. The Labute approximate surface area is 171 Å². The SMILES string of the molecule is COc1ccccc1CC(=O)Nc1cnn(CC(=O)NCCC2=CCCCC2)c1. The largest absolute Gasteiger partial charge is 0.496 e. The molecule has 154 valence electrons. The minimum Gasteiger partial charge on any atom is -0.496 e. The Bertz CT molecular complexity index is 872. The molecule has 0 unspecified atom stereocenters. The molecule has 1 aromatic carbocycles. The van der Waals surface area contributed by atoms with Crippen LogP contribution in [0.4, 0.5) is 5.69 Å². The first-order valence-corrected chi connectivity index (χ1v) is 10.0. The summed E-state index contributed by atoms with van der Waals surface area (Å²) in [4.78, 5) is 24.4. The number of para-hydroxylation sites is 1. The first-order chi connectivity index (χ1) is 14.1. The summed E-state index contributed by atoms with van der Waals surface area (Å²) in [5, 5.41) is 9.89. The Morgan fingerprint density at radius 3 is 2.86 bits per heavy atom. The van der Waals surface area contributed by atoms with Gasteiger partial charge in [0, 0.05) is 18.3 Å².